The van der Waals surface area contributed by atoms with Crippen molar-refractivity contribution in [2.45, 2.75) is 82.6 Å². The molecule has 8 heteroatoms. The van der Waals surface area contributed by atoms with Crippen LogP contribution in [-0.4, -0.2) is 73.7 Å². The quantitative estimate of drug-likeness (QED) is 0.321. The Balaban J connectivity index is 1.16. The number of likely N-dealkylation sites (tertiary alicyclic amines) is 1. The molecule has 2 aliphatic carbocycles. The number of piperidine rings is 1. The highest BCUT2D eigenvalue weighted by atomic mass is 19.2. The van der Waals surface area contributed by atoms with Crippen molar-refractivity contribution in [1.82, 2.24) is 15.1 Å². The number of para-hydroxylation sites is 1. The summed E-state index contributed by atoms with van der Waals surface area (Å²) in [6.07, 6.45) is 11.5. The zero-order chi connectivity index (χ0) is 31.7. The number of hydrogen-bond acceptors (Lipinski definition) is 6. The maximum atomic E-state index is 14.4. The maximum Gasteiger partial charge on any atom is 0.159 e. The monoisotopic (exact) mass is 619 g/mol. The number of allylic oxidation sites excluding steroid dienone is 2. The normalized spacial score (nSPS) is 25.8. The predicted octanol–water partition coefficient (Wildman–Crippen LogP) is 6.25. The molecule has 4 aliphatic rings. The molecule has 1 N–H and O–H groups in total. The maximum absolute atomic E-state index is 14.4. The molecule has 0 amide bonds. The van der Waals surface area contributed by atoms with Crippen molar-refractivity contribution in [3.63, 3.8) is 0 Å². The van der Waals surface area contributed by atoms with E-state index in [9.17, 15) is 13.6 Å². The van der Waals surface area contributed by atoms with Crippen LogP contribution in [0.2, 0.25) is 0 Å². The zero-order valence-corrected chi connectivity index (χ0v) is 27.0. The van der Waals surface area contributed by atoms with E-state index < -0.39 is 17.2 Å². The molecule has 2 saturated heterocycles. The van der Waals surface area contributed by atoms with Gasteiger partial charge < -0.3 is 14.4 Å². The van der Waals surface area contributed by atoms with E-state index in [1.54, 1.807) is 20.1 Å². The summed E-state index contributed by atoms with van der Waals surface area (Å²) in [6, 6.07) is 10.9. The molecule has 0 radical (unpaired) electrons. The molecular formula is C37H47F2N3O3. The molecule has 0 aromatic heterocycles. The first-order valence-corrected chi connectivity index (χ1v) is 16.6. The van der Waals surface area contributed by atoms with Gasteiger partial charge in [-0.25, -0.2) is 8.78 Å². The molecule has 4 unspecified atom stereocenters. The van der Waals surface area contributed by atoms with E-state index in [4.69, 9.17) is 9.47 Å². The van der Waals surface area contributed by atoms with Crippen molar-refractivity contribution in [3.05, 3.63) is 88.5 Å². The van der Waals surface area contributed by atoms with Gasteiger partial charge in [-0.15, -0.1) is 0 Å². The number of hydrogen-bond donors (Lipinski definition) is 1. The lowest BCUT2D eigenvalue weighted by Crippen LogP contribution is -2.49. The highest BCUT2D eigenvalue weighted by Crippen LogP contribution is 2.48. The molecule has 1 saturated carbocycles. The van der Waals surface area contributed by atoms with Crippen LogP contribution in [0, 0.1) is 24.5 Å². The Hall–Kier alpha value is -2.91. The van der Waals surface area contributed by atoms with Gasteiger partial charge in [-0.1, -0.05) is 48.9 Å². The van der Waals surface area contributed by atoms with Crippen LogP contribution >= 0.6 is 0 Å². The molecule has 0 bridgehead atoms. The Morgan fingerprint density at radius 3 is 2.53 bits per heavy atom. The first-order valence-electron chi connectivity index (χ1n) is 16.6. The number of Topliss-reactive ketones (excluding diaryl/α,β-unsaturated/α-hetero) is 1. The lowest BCUT2D eigenvalue weighted by Gasteiger charge is -2.44. The Morgan fingerprint density at radius 2 is 1.87 bits per heavy atom. The standard InChI is InChI=1S/C37H47F2N3O3/c1-24-7-5-10-30(36(24)45-37(3,28-8-6-9-28)29-12-13-31(38)32(39)22-29)26-15-17-41(18-16-26)23-35-40-33-14-11-27(25(2)43)21-34(33)42(35)19-20-44-4/h5,7,10-14,21-22,26,28,33-35,40H,6,8-9,15-20,23H2,1-4H3. The Labute approximate surface area is 266 Å². The number of benzene rings is 2. The molecule has 2 aliphatic heterocycles. The van der Waals surface area contributed by atoms with Gasteiger partial charge in [0.1, 0.15) is 11.4 Å². The number of ketones is 1. The molecule has 4 atom stereocenters. The van der Waals surface area contributed by atoms with Crippen LogP contribution in [0.3, 0.4) is 0 Å². The number of fused-ring (bicyclic) bond motifs is 1. The fourth-order valence-corrected chi connectivity index (χ4v) is 7.70. The second kappa shape index (κ2) is 13.4. The first-order chi connectivity index (χ1) is 21.7. The van der Waals surface area contributed by atoms with Gasteiger partial charge in [0.2, 0.25) is 0 Å². The molecule has 6 rings (SSSR count). The highest BCUT2D eigenvalue weighted by molar-refractivity contribution is 5.96. The smallest absolute Gasteiger partial charge is 0.159 e. The second-order valence-corrected chi connectivity index (χ2v) is 13.5. The van der Waals surface area contributed by atoms with Crippen molar-refractivity contribution in [2.24, 2.45) is 5.92 Å². The van der Waals surface area contributed by atoms with E-state index in [1.165, 1.54) is 17.7 Å². The summed E-state index contributed by atoms with van der Waals surface area (Å²) in [4.78, 5) is 17.1. The topological polar surface area (TPSA) is 54.0 Å². The van der Waals surface area contributed by atoms with Gasteiger partial charge >= 0.3 is 0 Å². The minimum atomic E-state index is -0.833. The number of nitrogens with zero attached hydrogens (tertiary/aromatic N) is 2. The van der Waals surface area contributed by atoms with Crippen LogP contribution in [0.25, 0.3) is 0 Å². The Morgan fingerprint density at radius 1 is 1.09 bits per heavy atom. The molecular weight excluding hydrogens is 572 g/mol. The molecule has 2 aromatic carbocycles. The zero-order valence-electron chi connectivity index (χ0n) is 27.0. The van der Waals surface area contributed by atoms with Gasteiger partial charge in [0, 0.05) is 43.8 Å². The van der Waals surface area contributed by atoms with Gasteiger partial charge in [-0.3, -0.25) is 15.0 Å². The highest BCUT2D eigenvalue weighted by Gasteiger charge is 2.44. The Bertz CT molecular complexity index is 1450. The number of halogens is 2. The average Bonchev–Trinajstić information content (AvgIpc) is 3.33. The van der Waals surface area contributed by atoms with Crippen LogP contribution in [0.4, 0.5) is 8.78 Å². The van der Waals surface area contributed by atoms with E-state index in [-0.39, 0.29) is 30.0 Å². The Kier molecular flexibility index (Phi) is 9.57. The van der Waals surface area contributed by atoms with Gasteiger partial charge in [0.25, 0.3) is 0 Å². The van der Waals surface area contributed by atoms with E-state index in [2.05, 4.69) is 52.4 Å². The minimum Gasteiger partial charge on any atom is -0.482 e. The minimum absolute atomic E-state index is 0.0965. The first kappa shape index (κ1) is 32.0. The van der Waals surface area contributed by atoms with Crippen LogP contribution in [0.5, 0.6) is 5.75 Å². The van der Waals surface area contributed by atoms with Gasteiger partial charge in [-0.2, -0.15) is 0 Å². The third kappa shape index (κ3) is 6.53. The van der Waals surface area contributed by atoms with E-state index in [0.717, 1.165) is 75.2 Å². The van der Waals surface area contributed by atoms with Crippen molar-refractivity contribution >= 4 is 5.78 Å². The summed E-state index contributed by atoms with van der Waals surface area (Å²) < 4.78 is 40.8. The fraction of sp³-hybridized carbons (Fsp3) is 0.541. The molecule has 0 spiro atoms. The molecule has 3 fully saturated rings. The second-order valence-electron chi connectivity index (χ2n) is 13.5. The predicted molar refractivity (Wildman–Crippen MR) is 172 cm³/mol. The molecule has 45 heavy (non-hydrogen) atoms. The summed E-state index contributed by atoms with van der Waals surface area (Å²) in [5, 5.41) is 3.80. The number of carbonyl (C=O) groups excluding carboxylic acids is 1. The largest absolute Gasteiger partial charge is 0.482 e. The summed E-state index contributed by atoms with van der Waals surface area (Å²) in [5.74, 6) is -0.0835. The van der Waals surface area contributed by atoms with Crippen molar-refractivity contribution in [2.75, 3.05) is 39.9 Å². The van der Waals surface area contributed by atoms with Crippen LogP contribution in [0.1, 0.15) is 68.6 Å². The lowest BCUT2D eigenvalue weighted by molar-refractivity contribution is -0.113. The van der Waals surface area contributed by atoms with Gasteiger partial charge in [0.15, 0.2) is 17.4 Å². The number of nitrogens with one attached hydrogen (secondary N) is 1. The van der Waals surface area contributed by atoms with E-state index in [1.807, 2.05) is 13.0 Å². The fourth-order valence-electron chi connectivity index (χ4n) is 7.70. The third-order valence-electron chi connectivity index (χ3n) is 10.7. The summed E-state index contributed by atoms with van der Waals surface area (Å²) in [7, 11) is 1.73. The number of aryl methyl sites for hydroxylation is 1. The van der Waals surface area contributed by atoms with Gasteiger partial charge in [0.05, 0.1) is 12.8 Å². The van der Waals surface area contributed by atoms with Crippen LogP contribution < -0.4 is 10.1 Å². The number of rotatable bonds is 11. The number of carbonyl (C=O) groups is 1. The summed E-state index contributed by atoms with van der Waals surface area (Å²) in [6.45, 7) is 10.0. The van der Waals surface area contributed by atoms with Crippen LogP contribution in [-0.2, 0) is 15.1 Å². The number of ether oxygens (including phenoxy) is 2. The number of methoxy groups -OCH3 is 1. The van der Waals surface area contributed by atoms with E-state index >= 15 is 0 Å². The van der Waals surface area contributed by atoms with Gasteiger partial charge in [-0.05, 0) is 94.3 Å². The summed E-state index contributed by atoms with van der Waals surface area (Å²) in [5.41, 5.74) is 3.01. The molecule has 242 valence electrons. The van der Waals surface area contributed by atoms with Crippen molar-refractivity contribution < 1.29 is 23.0 Å². The van der Waals surface area contributed by atoms with Crippen molar-refractivity contribution in [1.29, 1.82) is 0 Å². The third-order valence-corrected chi connectivity index (χ3v) is 10.7. The molecule has 2 heterocycles. The van der Waals surface area contributed by atoms with Crippen molar-refractivity contribution in [3.8, 4) is 5.75 Å². The molecule has 2 aromatic rings. The SMILES string of the molecule is COCCN1C(CN2CCC(c3cccc(C)c3OC(C)(c3ccc(F)c(F)c3)C3CCC3)CC2)NC2C=CC(C(C)=O)=CC21. The lowest BCUT2D eigenvalue weighted by atomic mass is 9.70. The summed E-state index contributed by atoms with van der Waals surface area (Å²) >= 11 is 0. The van der Waals surface area contributed by atoms with E-state index in [0.29, 0.717) is 18.1 Å². The van der Waals surface area contributed by atoms with Crippen LogP contribution in [0.15, 0.2) is 60.2 Å². The molecule has 6 nitrogen and oxygen atoms in total. The average molecular weight is 620 g/mol.